The molecule has 0 saturated heterocycles. The van der Waals surface area contributed by atoms with Crippen LogP contribution in [-0.2, 0) is 14.3 Å². The molecule has 27 heavy (non-hydrogen) atoms. The first kappa shape index (κ1) is 22.3. The molecule has 0 heterocycles. The van der Waals surface area contributed by atoms with Gasteiger partial charge in [-0.3, -0.25) is 24.6 Å². The summed E-state index contributed by atoms with van der Waals surface area (Å²) in [5, 5.41) is 8.53. The number of carboxylic acids is 1. The van der Waals surface area contributed by atoms with Gasteiger partial charge in [-0.2, -0.15) is 0 Å². The molecule has 0 bridgehead atoms. The van der Waals surface area contributed by atoms with Crippen LogP contribution in [0.5, 0.6) is 0 Å². The summed E-state index contributed by atoms with van der Waals surface area (Å²) in [5.41, 5.74) is 2.67. The Hall–Kier alpha value is -2.74. The van der Waals surface area contributed by atoms with Crippen molar-refractivity contribution in [3.63, 3.8) is 0 Å². The highest BCUT2D eigenvalue weighted by Gasteiger charge is 2.11. The minimum atomic E-state index is -0.774. The number of nitrogens with one attached hydrogen (secondary N) is 1. The molecule has 8 nitrogen and oxygen atoms in total. The molecule has 1 rings (SSSR count). The van der Waals surface area contributed by atoms with E-state index in [1.54, 1.807) is 0 Å². The molecule has 0 radical (unpaired) electrons. The Morgan fingerprint density at radius 1 is 0.852 bits per heavy atom. The van der Waals surface area contributed by atoms with Gasteiger partial charge >= 0.3 is 11.9 Å². The topological polar surface area (TPSA) is 136 Å². The lowest BCUT2D eigenvalue weighted by Gasteiger charge is -2.05. The Labute approximate surface area is 158 Å². The number of amides is 1. The van der Waals surface area contributed by atoms with Gasteiger partial charge in [0.25, 0.3) is 5.91 Å². The van der Waals surface area contributed by atoms with E-state index in [0.29, 0.717) is 24.0 Å². The quantitative estimate of drug-likeness (QED) is 0.120. The standard InChI is InChI=1S/C19H26N2O6/c20-21-19(26)15-11-9-14(10-12-15)16(22)13-27-18(25)8-6-4-2-1-3-5-7-17(23)24/h9-12H,1-8,13,20H2,(H,21,26)(H,23,24). The number of Topliss-reactive ketones (excluding diaryl/α,β-unsaturated/α-hetero) is 1. The van der Waals surface area contributed by atoms with Crippen LogP contribution in [0.1, 0.15) is 72.1 Å². The molecule has 1 amide bonds. The number of aliphatic carboxylic acids is 1. The molecule has 4 N–H and O–H groups in total. The molecule has 1 aromatic carbocycles. The van der Waals surface area contributed by atoms with Crippen LogP contribution in [0.25, 0.3) is 0 Å². The van der Waals surface area contributed by atoms with E-state index in [1.165, 1.54) is 24.3 Å². The maximum Gasteiger partial charge on any atom is 0.306 e. The third-order valence-corrected chi connectivity index (χ3v) is 3.99. The first-order valence-electron chi connectivity index (χ1n) is 8.95. The number of rotatable bonds is 13. The summed E-state index contributed by atoms with van der Waals surface area (Å²) < 4.78 is 4.98. The average molecular weight is 378 g/mol. The summed E-state index contributed by atoms with van der Waals surface area (Å²) >= 11 is 0. The van der Waals surface area contributed by atoms with E-state index in [2.05, 4.69) is 0 Å². The lowest BCUT2D eigenvalue weighted by Crippen LogP contribution is -2.29. The van der Waals surface area contributed by atoms with E-state index in [-0.39, 0.29) is 25.2 Å². The zero-order valence-electron chi connectivity index (χ0n) is 15.2. The molecule has 0 spiro atoms. The van der Waals surface area contributed by atoms with Gasteiger partial charge in [0.15, 0.2) is 12.4 Å². The Morgan fingerprint density at radius 3 is 1.93 bits per heavy atom. The van der Waals surface area contributed by atoms with Crippen LogP contribution in [0.3, 0.4) is 0 Å². The number of ether oxygens (including phenoxy) is 1. The summed E-state index contributed by atoms with van der Waals surface area (Å²) in [6, 6.07) is 5.89. The van der Waals surface area contributed by atoms with Crippen LogP contribution in [0.2, 0.25) is 0 Å². The SMILES string of the molecule is NNC(=O)c1ccc(C(=O)COC(=O)CCCCCCCCC(=O)O)cc1. The van der Waals surface area contributed by atoms with Crippen molar-refractivity contribution in [2.45, 2.75) is 51.4 Å². The van der Waals surface area contributed by atoms with Gasteiger partial charge in [-0.05, 0) is 25.0 Å². The van der Waals surface area contributed by atoms with E-state index in [0.717, 1.165) is 25.7 Å². The summed E-state index contributed by atoms with van der Waals surface area (Å²) in [6.07, 6.45) is 5.42. The van der Waals surface area contributed by atoms with Gasteiger partial charge in [-0.25, -0.2) is 5.84 Å². The first-order valence-corrected chi connectivity index (χ1v) is 8.95. The Morgan fingerprint density at radius 2 is 1.37 bits per heavy atom. The minimum absolute atomic E-state index is 0.198. The fraction of sp³-hybridized carbons (Fsp3) is 0.474. The van der Waals surface area contributed by atoms with Crippen molar-refractivity contribution < 1.29 is 29.0 Å². The van der Waals surface area contributed by atoms with Gasteiger partial charge in [0.05, 0.1) is 0 Å². The van der Waals surface area contributed by atoms with E-state index < -0.39 is 17.8 Å². The van der Waals surface area contributed by atoms with Gasteiger partial charge in [0.1, 0.15) is 0 Å². The molecule has 0 unspecified atom stereocenters. The van der Waals surface area contributed by atoms with Crippen molar-refractivity contribution in [3.8, 4) is 0 Å². The average Bonchev–Trinajstić information content (AvgIpc) is 2.67. The Kier molecular flexibility index (Phi) is 10.4. The summed E-state index contributed by atoms with van der Waals surface area (Å²) in [7, 11) is 0. The normalized spacial score (nSPS) is 10.3. The van der Waals surface area contributed by atoms with E-state index in [9.17, 15) is 19.2 Å². The molecular formula is C19H26N2O6. The van der Waals surface area contributed by atoms with Gasteiger partial charge in [-0.15, -0.1) is 0 Å². The van der Waals surface area contributed by atoms with Gasteiger partial charge in [0, 0.05) is 24.0 Å². The highest BCUT2D eigenvalue weighted by atomic mass is 16.5. The Balaban J connectivity index is 2.16. The fourth-order valence-electron chi connectivity index (χ4n) is 2.45. The highest BCUT2D eigenvalue weighted by Crippen LogP contribution is 2.10. The van der Waals surface area contributed by atoms with Crippen molar-refractivity contribution in [1.82, 2.24) is 5.43 Å². The lowest BCUT2D eigenvalue weighted by atomic mass is 10.1. The van der Waals surface area contributed by atoms with Crippen LogP contribution in [-0.4, -0.2) is 35.3 Å². The van der Waals surface area contributed by atoms with E-state index >= 15 is 0 Å². The third-order valence-electron chi connectivity index (χ3n) is 3.99. The second-order valence-electron chi connectivity index (χ2n) is 6.15. The van der Waals surface area contributed by atoms with E-state index in [4.69, 9.17) is 15.7 Å². The van der Waals surface area contributed by atoms with Gasteiger partial charge in [0.2, 0.25) is 0 Å². The number of nitrogen functional groups attached to an aromatic ring is 1. The molecule has 0 aliphatic rings. The van der Waals surface area contributed by atoms with Crippen molar-refractivity contribution in [3.05, 3.63) is 35.4 Å². The number of unbranched alkanes of at least 4 members (excludes halogenated alkanes) is 5. The van der Waals surface area contributed by atoms with Crippen LogP contribution in [0.4, 0.5) is 0 Å². The number of ketones is 1. The van der Waals surface area contributed by atoms with Crippen molar-refractivity contribution in [1.29, 1.82) is 0 Å². The molecule has 0 atom stereocenters. The van der Waals surface area contributed by atoms with Gasteiger partial charge < -0.3 is 9.84 Å². The minimum Gasteiger partial charge on any atom is -0.481 e. The molecular weight excluding hydrogens is 352 g/mol. The summed E-state index contributed by atoms with van der Waals surface area (Å²) in [4.78, 5) is 45.3. The summed E-state index contributed by atoms with van der Waals surface area (Å²) in [6.45, 7) is -0.337. The molecule has 0 fully saturated rings. The highest BCUT2D eigenvalue weighted by molar-refractivity contribution is 5.99. The smallest absolute Gasteiger partial charge is 0.306 e. The molecule has 0 aromatic heterocycles. The molecule has 0 aliphatic heterocycles. The number of hydrogen-bond acceptors (Lipinski definition) is 6. The number of esters is 1. The van der Waals surface area contributed by atoms with Gasteiger partial charge in [-0.1, -0.05) is 37.8 Å². The maximum absolute atomic E-state index is 12.0. The molecule has 148 valence electrons. The zero-order chi connectivity index (χ0) is 20.1. The summed E-state index contributed by atoms with van der Waals surface area (Å²) in [5.74, 6) is 3.03. The van der Waals surface area contributed by atoms with Crippen molar-refractivity contribution in [2.24, 2.45) is 5.84 Å². The second-order valence-corrected chi connectivity index (χ2v) is 6.15. The molecule has 0 saturated carbocycles. The van der Waals surface area contributed by atoms with E-state index in [1.807, 2.05) is 5.43 Å². The molecule has 0 aliphatic carbocycles. The number of carboxylic acid groups (broad SMARTS) is 1. The molecule has 1 aromatic rings. The predicted molar refractivity (Wildman–Crippen MR) is 98.0 cm³/mol. The number of nitrogens with two attached hydrogens (primary N) is 1. The monoisotopic (exact) mass is 378 g/mol. The fourth-order valence-corrected chi connectivity index (χ4v) is 2.45. The zero-order valence-corrected chi connectivity index (χ0v) is 15.2. The predicted octanol–water partition coefficient (Wildman–Crippen LogP) is 2.22. The number of carbonyl (C=O) groups excluding carboxylic acids is 3. The van der Waals surface area contributed by atoms with Crippen LogP contribution >= 0.6 is 0 Å². The van der Waals surface area contributed by atoms with Crippen LogP contribution in [0, 0.1) is 0 Å². The first-order chi connectivity index (χ1) is 12.9. The van der Waals surface area contributed by atoms with Crippen molar-refractivity contribution >= 4 is 23.6 Å². The number of hydrazine groups is 1. The van der Waals surface area contributed by atoms with Crippen LogP contribution in [0.15, 0.2) is 24.3 Å². The van der Waals surface area contributed by atoms with Crippen molar-refractivity contribution in [2.75, 3.05) is 6.61 Å². The Bertz CT molecular complexity index is 642. The number of benzene rings is 1. The number of carbonyl (C=O) groups is 4. The van der Waals surface area contributed by atoms with Crippen LogP contribution < -0.4 is 11.3 Å². The third kappa shape index (κ3) is 9.50. The second kappa shape index (κ2) is 12.6. The molecule has 8 heteroatoms. The number of hydrogen-bond donors (Lipinski definition) is 3. The largest absolute Gasteiger partial charge is 0.481 e. The maximum atomic E-state index is 12.0. The lowest BCUT2D eigenvalue weighted by molar-refractivity contribution is -0.142.